The summed E-state index contributed by atoms with van der Waals surface area (Å²) in [5.74, 6) is 0.539. The molecule has 1 aromatic carbocycles. The summed E-state index contributed by atoms with van der Waals surface area (Å²) in [6.45, 7) is 4.37. The molecule has 0 bridgehead atoms. The average molecular weight is 352 g/mol. The van der Waals surface area contributed by atoms with E-state index in [1.165, 1.54) is 4.90 Å². The molecule has 0 spiro atoms. The van der Waals surface area contributed by atoms with Crippen molar-refractivity contribution in [2.45, 2.75) is 24.3 Å². The van der Waals surface area contributed by atoms with Crippen LogP contribution in [0.1, 0.15) is 18.4 Å². The Balaban J connectivity index is 1.72. The van der Waals surface area contributed by atoms with Gasteiger partial charge in [-0.3, -0.25) is 0 Å². The molecule has 1 saturated heterocycles. The number of carbonyl (C=O) groups is 1. The number of aliphatic hydroxyl groups is 1. The normalized spacial score (nSPS) is 16.1. The second-order valence-electron chi connectivity index (χ2n) is 6.40. The van der Waals surface area contributed by atoms with E-state index in [2.05, 4.69) is 34.7 Å². The highest BCUT2D eigenvalue weighted by molar-refractivity contribution is 7.98. The van der Waals surface area contributed by atoms with Gasteiger partial charge in [0.15, 0.2) is 0 Å². The number of carbonyl (C=O) groups excluding carboxylic acids is 1. The van der Waals surface area contributed by atoms with Gasteiger partial charge in [0.1, 0.15) is 0 Å². The largest absolute Gasteiger partial charge is 0.395 e. The van der Waals surface area contributed by atoms with E-state index in [0.29, 0.717) is 12.5 Å². The Kier molecular flexibility index (Phi) is 7.88. The zero-order chi connectivity index (χ0) is 17.4. The van der Waals surface area contributed by atoms with Crippen molar-refractivity contribution >= 4 is 17.8 Å². The van der Waals surface area contributed by atoms with Crippen molar-refractivity contribution in [3.05, 3.63) is 29.8 Å². The van der Waals surface area contributed by atoms with E-state index in [1.807, 2.05) is 13.1 Å². The molecule has 1 fully saturated rings. The summed E-state index contributed by atoms with van der Waals surface area (Å²) in [6.07, 6.45) is 4.22. The Morgan fingerprint density at radius 3 is 2.83 bits per heavy atom. The van der Waals surface area contributed by atoms with Crippen molar-refractivity contribution in [3.63, 3.8) is 0 Å². The van der Waals surface area contributed by atoms with Gasteiger partial charge in [-0.1, -0.05) is 12.1 Å². The molecule has 5 nitrogen and oxygen atoms in total. The first-order valence-electron chi connectivity index (χ1n) is 8.57. The average Bonchev–Trinajstić information content (AvgIpc) is 2.61. The molecular formula is C18H29N3O2S. The van der Waals surface area contributed by atoms with Gasteiger partial charge in [-0.25, -0.2) is 4.79 Å². The van der Waals surface area contributed by atoms with Crippen molar-refractivity contribution < 1.29 is 9.90 Å². The van der Waals surface area contributed by atoms with E-state index in [4.69, 9.17) is 5.11 Å². The number of hydrogen-bond donors (Lipinski definition) is 2. The molecule has 134 valence electrons. The van der Waals surface area contributed by atoms with E-state index in [9.17, 15) is 4.79 Å². The third-order valence-corrected chi connectivity index (χ3v) is 5.29. The smallest absolute Gasteiger partial charge is 0.317 e. The van der Waals surface area contributed by atoms with Crippen molar-refractivity contribution in [1.82, 2.24) is 15.1 Å². The molecule has 0 unspecified atom stereocenters. The minimum atomic E-state index is -0.0117. The monoisotopic (exact) mass is 351 g/mol. The summed E-state index contributed by atoms with van der Waals surface area (Å²) in [4.78, 5) is 17.5. The van der Waals surface area contributed by atoms with Crippen LogP contribution < -0.4 is 5.32 Å². The van der Waals surface area contributed by atoms with Crippen LogP contribution in [0.25, 0.3) is 0 Å². The van der Waals surface area contributed by atoms with Crippen LogP contribution in [-0.2, 0) is 6.54 Å². The maximum absolute atomic E-state index is 12.3. The predicted octanol–water partition coefficient (Wildman–Crippen LogP) is 2.25. The number of β-amino-alcohol motifs (C(OH)–C–C–N with tert-alkyl or cyclic N) is 1. The summed E-state index contributed by atoms with van der Waals surface area (Å²) in [6, 6.07) is 8.29. The summed E-state index contributed by atoms with van der Waals surface area (Å²) in [7, 11) is 1.84. The molecule has 0 aliphatic carbocycles. The zero-order valence-corrected chi connectivity index (χ0v) is 15.5. The Morgan fingerprint density at radius 1 is 1.42 bits per heavy atom. The van der Waals surface area contributed by atoms with Crippen LogP contribution in [-0.4, -0.2) is 67.0 Å². The summed E-state index contributed by atoms with van der Waals surface area (Å²) >= 11 is 1.71. The van der Waals surface area contributed by atoms with Crippen molar-refractivity contribution in [2.75, 3.05) is 46.1 Å². The fourth-order valence-electron chi connectivity index (χ4n) is 3.04. The lowest BCUT2D eigenvalue weighted by Gasteiger charge is -2.31. The maximum Gasteiger partial charge on any atom is 0.317 e. The highest BCUT2D eigenvalue weighted by Gasteiger charge is 2.19. The lowest BCUT2D eigenvalue weighted by molar-refractivity contribution is 0.145. The van der Waals surface area contributed by atoms with Crippen LogP contribution in [0.5, 0.6) is 0 Å². The molecule has 24 heavy (non-hydrogen) atoms. The first kappa shape index (κ1) is 19.1. The minimum absolute atomic E-state index is 0.0117. The Hall–Kier alpha value is -1.24. The standard InChI is InChI=1S/C18H29N3O2S/c1-20(14-16-4-3-5-17(12-16)24-2)18(23)19-13-15-6-8-21(9-7-15)10-11-22/h3-5,12,15,22H,6-11,13-14H2,1-2H3,(H,19,23). The fourth-order valence-corrected chi connectivity index (χ4v) is 3.52. The van der Waals surface area contributed by atoms with Gasteiger partial charge < -0.3 is 20.2 Å². The number of piperidine rings is 1. The third kappa shape index (κ3) is 6.00. The molecule has 0 radical (unpaired) electrons. The van der Waals surface area contributed by atoms with Crippen molar-refractivity contribution in [2.24, 2.45) is 5.92 Å². The van der Waals surface area contributed by atoms with Crippen LogP contribution in [0.4, 0.5) is 4.79 Å². The number of hydrogen-bond acceptors (Lipinski definition) is 4. The summed E-state index contributed by atoms with van der Waals surface area (Å²) in [5, 5.41) is 12.0. The van der Waals surface area contributed by atoms with Gasteiger partial charge in [0.2, 0.25) is 0 Å². The van der Waals surface area contributed by atoms with Gasteiger partial charge in [-0.2, -0.15) is 0 Å². The van der Waals surface area contributed by atoms with E-state index >= 15 is 0 Å². The molecule has 1 aliphatic heterocycles. The maximum atomic E-state index is 12.3. The third-order valence-electron chi connectivity index (χ3n) is 4.57. The number of thioether (sulfide) groups is 1. The lowest BCUT2D eigenvalue weighted by atomic mass is 9.97. The molecule has 1 heterocycles. The van der Waals surface area contributed by atoms with E-state index < -0.39 is 0 Å². The molecular weight excluding hydrogens is 322 g/mol. The number of aliphatic hydroxyl groups excluding tert-OH is 1. The molecule has 2 N–H and O–H groups in total. The molecule has 1 aromatic rings. The van der Waals surface area contributed by atoms with Gasteiger partial charge >= 0.3 is 6.03 Å². The quantitative estimate of drug-likeness (QED) is 0.740. The Morgan fingerprint density at radius 2 is 2.17 bits per heavy atom. The zero-order valence-electron chi connectivity index (χ0n) is 14.7. The number of nitrogens with zero attached hydrogens (tertiary/aromatic N) is 2. The first-order valence-corrected chi connectivity index (χ1v) is 9.80. The van der Waals surface area contributed by atoms with E-state index in [1.54, 1.807) is 16.7 Å². The summed E-state index contributed by atoms with van der Waals surface area (Å²) < 4.78 is 0. The Bertz CT molecular complexity index is 519. The van der Waals surface area contributed by atoms with Gasteiger partial charge in [-0.05, 0) is 55.8 Å². The number of amides is 2. The molecule has 0 atom stereocenters. The SMILES string of the molecule is CSc1cccc(CN(C)C(=O)NCC2CCN(CCO)CC2)c1. The van der Waals surface area contributed by atoms with Gasteiger partial charge in [0.05, 0.1) is 6.61 Å². The molecule has 0 aromatic heterocycles. The molecule has 2 amide bonds. The predicted molar refractivity (Wildman–Crippen MR) is 99.3 cm³/mol. The van der Waals surface area contributed by atoms with Gasteiger partial charge in [0, 0.05) is 31.6 Å². The number of likely N-dealkylation sites (tertiary alicyclic amines) is 1. The number of benzene rings is 1. The first-order chi connectivity index (χ1) is 11.6. The molecule has 2 rings (SSSR count). The second kappa shape index (κ2) is 9.91. The topological polar surface area (TPSA) is 55.8 Å². The van der Waals surface area contributed by atoms with Crippen molar-refractivity contribution in [1.29, 1.82) is 0 Å². The lowest BCUT2D eigenvalue weighted by Crippen LogP contribution is -2.42. The molecule has 6 heteroatoms. The summed E-state index contributed by atoms with van der Waals surface area (Å²) in [5.41, 5.74) is 1.15. The highest BCUT2D eigenvalue weighted by atomic mass is 32.2. The van der Waals surface area contributed by atoms with Crippen molar-refractivity contribution in [3.8, 4) is 0 Å². The van der Waals surface area contributed by atoms with Crippen LogP contribution >= 0.6 is 11.8 Å². The van der Waals surface area contributed by atoms with E-state index in [-0.39, 0.29) is 12.6 Å². The number of urea groups is 1. The van der Waals surface area contributed by atoms with Crippen LogP contribution in [0.15, 0.2) is 29.2 Å². The highest BCUT2D eigenvalue weighted by Crippen LogP contribution is 2.17. The van der Waals surface area contributed by atoms with Crippen LogP contribution in [0.3, 0.4) is 0 Å². The van der Waals surface area contributed by atoms with E-state index in [0.717, 1.165) is 44.6 Å². The fraction of sp³-hybridized carbons (Fsp3) is 0.611. The molecule has 0 saturated carbocycles. The van der Waals surface area contributed by atoms with Crippen LogP contribution in [0, 0.1) is 5.92 Å². The molecule has 1 aliphatic rings. The number of rotatable bonds is 7. The van der Waals surface area contributed by atoms with Gasteiger partial charge in [0.25, 0.3) is 0 Å². The number of nitrogens with one attached hydrogen (secondary N) is 1. The second-order valence-corrected chi connectivity index (χ2v) is 7.28. The Labute approximate surface area is 149 Å². The van der Waals surface area contributed by atoms with Crippen LogP contribution in [0.2, 0.25) is 0 Å². The van der Waals surface area contributed by atoms with Gasteiger partial charge in [-0.15, -0.1) is 11.8 Å². The minimum Gasteiger partial charge on any atom is -0.395 e.